The Balaban J connectivity index is 1.80. The number of hydrogen-bond acceptors (Lipinski definition) is 3. The first-order valence-corrected chi connectivity index (χ1v) is 7.18. The standard InChI is InChI=1S/C16H16N2S/c1-11-7-14(12(2)19-11)9-17-15-8-13-5-3-4-6-16(13)18-10-15/h3-8,10,17H,9H2,1-2H3. The molecule has 3 rings (SSSR count). The Morgan fingerprint density at radius 1 is 1.16 bits per heavy atom. The van der Waals surface area contributed by atoms with Crippen molar-refractivity contribution in [1.82, 2.24) is 4.98 Å². The minimum atomic E-state index is 0.857. The number of aryl methyl sites for hydroxylation is 2. The number of anilines is 1. The fraction of sp³-hybridized carbons (Fsp3) is 0.188. The first kappa shape index (κ1) is 12.2. The van der Waals surface area contributed by atoms with Crippen LogP contribution in [-0.4, -0.2) is 4.98 Å². The third kappa shape index (κ3) is 2.61. The lowest BCUT2D eigenvalue weighted by Crippen LogP contribution is -1.99. The number of nitrogens with one attached hydrogen (secondary N) is 1. The highest BCUT2D eigenvalue weighted by atomic mass is 32.1. The second-order valence-electron chi connectivity index (χ2n) is 4.71. The maximum absolute atomic E-state index is 4.46. The summed E-state index contributed by atoms with van der Waals surface area (Å²) in [6.45, 7) is 5.18. The Kier molecular flexibility index (Phi) is 3.22. The average Bonchev–Trinajstić information content (AvgIpc) is 2.74. The maximum Gasteiger partial charge on any atom is 0.0703 e. The Bertz CT molecular complexity index is 716. The lowest BCUT2D eigenvalue weighted by molar-refractivity contribution is 1.14. The first-order chi connectivity index (χ1) is 9.22. The second kappa shape index (κ2) is 5.02. The monoisotopic (exact) mass is 268 g/mol. The molecule has 0 aliphatic heterocycles. The van der Waals surface area contributed by atoms with Crippen LogP contribution in [0.4, 0.5) is 5.69 Å². The van der Waals surface area contributed by atoms with E-state index in [0.29, 0.717) is 0 Å². The Morgan fingerprint density at radius 3 is 2.79 bits per heavy atom. The van der Waals surface area contributed by atoms with E-state index < -0.39 is 0 Å². The van der Waals surface area contributed by atoms with Gasteiger partial charge < -0.3 is 5.32 Å². The van der Waals surface area contributed by atoms with Crippen molar-refractivity contribution in [3.8, 4) is 0 Å². The van der Waals surface area contributed by atoms with Crippen molar-refractivity contribution in [3.05, 3.63) is 57.9 Å². The van der Waals surface area contributed by atoms with Gasteiger partial charge >= 0.3 is 0 Å². The number of benzene rings is 1. The maximum atomic E-state index is 4.46. The molecule has 2 aromatic heterocycles. The van der Waals surface area contributed by atoms with Crippen LogP contribution in [0, 0.1) is 13.8 Å². The summed E-state index contributed by atoms with van der Waals surface area (Å²) in [6.07, 6.45) is 1.90. The molecule has 0 aliphatic rings. The molecule has 0 spiro atoms. The summed E-state index contributed by atoms with van der Waals surface area (Å²) >= 11 is 1.85. The summed E-state index contributed by atoms with van der Waals surface area (Å²) in [6, 6.07) is 12.6. The summed E-state index contributed by atoms with van der Waals surface area (Å²) in [4.78, 5) is 7.22. The van der Waals surface area contributed by atoms with Gasteiger partial charge in [0.15, 0.2) is 0 Å². The van der Waals surface area contributed by atoms with Gasteiger partial charge in [-0.3, -0.25) is 4.98 Å². The van der Waals surface area contributed by atoms with Crippen LogP contribution in [0.1, 0.15) is 15.3 Å². The van der Waals surface area contributed by atoms with E-state index in [-0.39, 0.29) is 0 Å². The van der Waals surface area contributed by atoms with E-state index in [9.17, 15) is 0 Å². The zero-order chi connectivity index (χ0) is 13.2. The van der Waals surface area contributed by atoms with Gasteiger partial charge in [0.1, 0.15) is 0 Å². The van der Waals surface area contributed by atoms with Gasteiger partial charge in [-0.15, -0.1) is 11.3 Å². The molecule has 0 radical (unpaired) electrons. The summed E-state index contributed by atoms with van der Waals surface area (Å²) in [7, 11) is 0. The molecule has 0 atom stereocenters. The summed E-state index contributed by atoms with van der Waals surface area (Å²) < 4.78 is 0. The molecule has 0 aliphatic carbocycles. The van der Waals surface area contributed by atoms with Crippen LogP contribution < -0.4 is 5.32 Å². The van der Waals surface area contributed by atoms with Gasteiger partial charge in [0.25, 0.3) is 0 Å². The third-order valence-electron chi connectivity index (χ3n) is 3.22. The van der Waals surface area contributed by atoms with Gasteiger partial charge in [-0.25, -0.2) is 0 Å². The zero-order valence-electron chi connectivity index (χ0n) is 11.1. The number of hydrogen-bond donors (Lipinski definition) is 1. The third-order valence-corrected chi connectivity index (χ3v) is 4.23. The van der Waals surface area contributed by atoms with Crippen LogP contribution in [-0.2, 0) is 6.54 Å². The number of pyridine rings is 1. The number of fused-ring (bicyclic) bond motifs is 1. The summed E-state index contributed by atoms with van der Waals surface area (Å²) in [5.74, 6) is 0. The van der Waals surface area contributed by atoms with E-state index in [4.69, 9.17) is 0 Å². The molecule has 3 aromatic rings. The molecule has 1 N–H and O–H groups in total. The van der Waals surface area contributed by atoms with Gasteiger partial charge in [0.2, 0.25) is 0 Å². The predicted molar refractivity (Wildman–Crippen MR) is 82.9 cm³/mol. The second-order valence-corrected chi connectivity index (χ2v) is 6.17. The Labute approximate surface area is 117 Å². The van der Waals surface area contributed by atoms with Crippen LogP contribution in [0.2, 0.25) is 0 Å². The molecule has 19 heavy (non-hydrogen) atoms. The number of thiophene rings is 1. The van der Waals surface area contributed by atoms with Gasteiger partial charge in [0, 0.05) is 21.7 Å². The average molecular weight is 268 g/mol. The smallest absolute Gasteiger partial charge is 0.0703 e. The van der Waals surface area contributed by atoms with E-state index >= 15 is 0 Å². The van der Waals surface area contributed by atoms with E-state index in [2.05, 4.69) is 42.3 Å². The Hall–Kier alpha value is -1.87. The van der Waals surface area contributed by atoms with Crippen molar-refractivity contribution in [3.63, 3.8) is 0 Å². The predicted octanol–water partition coefficient (Wildman–Crippen LogP) is 4.53. The number of rotatable bonds is 3. The molecule has 1 aromatic carbocycles. The fourth-order valence-electron chi connectivity index (χ4n) is 2.22. The first-order valence-electron chi connectivity index (χ1n) is 6.37. The molecule has 0 unspecified atom stereocenters. The molecule has 2 nitrogen and oxygen atoms in total. The molecular weight excluding hydrogens is 252 g/mol. The highest BCUT2D eigenvalue weighted by Crippen LogP contribution is 2.22. The molecule has 0 fully saturated rings. The largest absolute Gasteiger partial charge is 0.380 e. The van der Waals surface area contributed by atoms with Crippen LogP contribution >= 0.6 is 11.3 Å². The lowest BCUT2D eigenvalue weighted by atomic mass is 10.2. The fourth-order valence-corrected chi connectivity index (χ4v) is 3.17. The lowest BCUT2D eigenvalue weighted by Gasteiger charge is -2.06. The number of aromatic nitrogens is 1. The van der Waals surface area contributed by atoms with Gasteiger partial charge in [-0.2, -0.15) is 0 Å². The highest BCUT2D eigenvalue weighted by Gasteiger charge is 2.03. The highest BCUT2D eigenvalue weighted by molar-refractivity contribution is 7.12. The summed E-state index contributed by atoms with van der Waals surface area (Å²) in [5.41, 5.74) is 3.48. The molecule has 96 valence electrons. The van der Waals surface area contributed by atoms with Crippen molar-refractivity contribution < 1.29 is 0 Å². The van der Waals surface area contributed by atoms with E-state index in [1.165, 1.54) is 20.7 Å². The molecule has 0 saturated heterocycles. The van der Waals surface area contributed by atoms with E-state index in [0.717, 1.165) is 17.7 Å². The van der Waals surface area contributed by atoms with Crippen LogP contribution in [0.25, 0.3) is 10.9 Å². The van der Waals surface area contributed by atoms with Crippen molar-refractivity contribution in [2.45, 2.75) is 20.4 Å². The molecule has 3 heteroatoms. The number of para-hydroxylation sites is 1. The van der Waals surface area contributed by atoms with Gasteiger partial charge in [-0.1, -0.05) is 18.2 Å². The van der Waals surface area contributed by atoms with Crippen molar-refractivity contribution >= 4 is 27.9 Å². The van der Waals surface area contributed by atoms with Crippen molar-refractivity contribution in [1.29, 1.82) is 0 Å². The normalized spacial score (nSPS) is 10.8. The molecular formula is C16H16N2S. The minimum absolute atomic E-state index is 0.857. The van der Waals surface area contributed by atoms with Crippen LogP contribution in [0.15, 0.2) is 42.6 Å². The molecule has 2 heterocycles. The van der Waals surface area contributed by atoms with Gasteiger partial charge in [-0.05, 0) is 37.6 Å². The Morgan fingerprint density at radius 2 is 2.00 bits per heavy atom. The molecule has 0 amide bonds. The number of nitrogens with zero attached hydrogens (tertiary/aromatic N) is 1. The molecule has 0 saturated carbocycles. The molecule has 0 bridgehead atoms. The summed E-state index contributed by atoms with van der Waals surface area (Å²) in [5, 5.41) is 4.62. The topological polar surface area (TPSA) is 24.9 Å². The van der Waals surface area contributed by atoms with Crippen molar-refractivity contribution in [2.24, 2.45) is 0 Å². The van der Waals surface area contributed by atoms with E-state index in [1.807, 2.05) is 35.7 Å². The van der Waals surface area contributed by atoms with Crippen LogP contribution in [0.5, 0.6) is 0 Å². The zero-order valence-corrected chi connectivity index (χ0v) is 11.9. The van der Waals surface area contributed by atoms with Gasteiger partial charge in [0.05, 0.1) is 17.4 Å². The SMILES string of the molecule is Cc1cc(CNc2cnc3ccccc3c2)c(C)s1. The van der Waals surface area contributed by atoms with E-state index in [1.54, 1.807) is 0 Å². The minimum Gasteiger partial charge on any atom is -0.380 e. The quantitative estimate of drug-likeness (QED) is 0.755. The van der Waals surface area contributed by atoms with Crippen molar-refractivity contribution in [2.75, 3.05) is 5.32 Å². The van der Waals surface area contributed by atoms with Crippen LogP contribution in [0.3, 0.4) is 0 Å².